The van der Waals surface area contributed by atoms with E-state index in [4.69, 9.17) is 14.3 Å². The first kappa shape index (κ1) is 16.6. The van der Waals surface area contributed by atoms with Gasteiger partial charge in [0.05, 0.1) is 6.42 Å². The summed E-state index contributed by atoms with van der Waals surface area (Å²) in [5, 5.41) is 11.5. The summed E-state index contributed by atoms with van der Waals surface area (Å²) in [5.41, 5.74) is 1.75. The van der Waals surface area contributed by atoms with Crippen LogP contribution in [0, 0.1) is 13.8 Å². The molecule has 1 heterocycles. The zero-order valence-corrected chi connectivity index (χ0v) is 13.0. The molecule has 2 N–H and O–H groups in total. The normalized spacial score (nSPS) is 11.7. The van der Waals surface area contributed by atoms with Crippen molar-refractivity contribution in [3.8, 4) is 0 Å². The van der Waals surface area contributed by atoms with Crippen LogP contribution in [0.15, 0.2) is 40.8 Å². The molecule has 0 saturated carbocycles. The predicted octanol–water partition coefficient (Wildman–Crippen LogP) is 3.34. The van der Waals surface area contributed by atoms with Gasteiger partial charge in [-0.05, 0) is 31.0 Å². The van der Waals surface area contributed by atoms with Gasteiger partial charge in [-0.15, -0.1) is 0 Å². The van der Waals surface area contributed by atoms with Crippen molar-refractivity contribution in [1.29, 1.82) is 0 Å². The Morgan fingerprint density at radius 2 is 1.96 bits per heavy atom. The van der Waals surface area contributed by atoms with Crippen molar-refractivity contribution in [1.82, 2.24) is 5.32 Å². The number of carbonyl (C=O) groups excluding carboxylic acids is 1. The van der Waals surface area contributed by atoms with Crippen LogP contribution >= 0.6 is 0 Å². The van der Waals surface area contributed by atoms with Crippen LogP contribution in [-0.2, 0) is 16.1 Å². The van der Waals surface area contributed by atoms with Crippen molar-refractivity contribution < 1.29 is 23.8 Å². The summed E-state index contributed by atoms with van der Waals surface area (Å²) in [4.78, 5) is 22.9. The molecule has 1 unspecified atom stereocenters. The number of amides is 1. The molecule has 0 saturated heterocycles. The predicted molar refractivity (Wildman–Crippen MR) is 82.9 cm³/mol. The Balaban J connectivity index is 1.99. The molecule has 6 heteroatoms. The molecule has 0 aliphatic carbocycles. The van der Waals surface area contributed by atoms with Crippen LogP contribution in [0.5, 0.6) is 0 Å². The highest BCUT2D eigenvalue weighted by atomic mass is 16.5. The molecule has 1 aromatic heterocycles. The summed E-state index contributed by atoms with van der Waals surface area (Å²) in [5.74, 6) is 0.0546. The second-order valence-corrected chi connectivity index (χ2v) is 5.24. The lowest BCUT2D eigenvalue weighted by Crippen LogP contribution is -2.30. The van der Waals surface area contributed by atoms with E-state index in [9.17, 15) is 9.59 Å². The second kappa shape index (κ2) is 7.49. The van der Waals surface area contributed by atoms with Crippen LogP contribution in [0.25, 0.3) is 0 Å². The minimum absolute atomic E-state index is 0.114. The lowest BCUT2D eigenvalue weighted by Gasteiger charge is -2.14. The average molecular weight is 317 g/mol. The third kappa shape index (κ3) is 4.88. The zero-order chi connectivity index (χ0) is 16.8. The van der Waals surface area contributed by atoms with Crippen LogP contribution in [-0.4, -0.2) is 17.2 Å². The number of carboxylic acids is 1. The fourth-order valence-corrected chi connectivity index (χ4v) is 2.08. The quantitative estimate of drug-likeness (QED) is 0.853. The first-order valence-corrected chi connectivity index (χ1v) is 7.21. The molecule has 0 aliphatic rings. The molecule has 23 heavy (non-hydrogen) atoms. The van der Waals surface area contributed by atoms with Gasteiger partial charge < -0.3 is 19.6 Å². The number of aryl methyl sites for hydroxylation is 2. The number of ether oxygens (including phenoxy) is 1. The van der Waals surface area contributed by atoms with E-state index in [-0.39, 0.29) is 13.0 Å². The number of rotatable bonds is 6. The number of carbonyl (C=O) groups is 2. The minimum atomic E-state index is -1.04. The fraction of sp³-hybridized carbons (Fsp3) is 0.294. The number of nitrogens with one attached hydrogen (secondary N) is 1. The average Bonchev–Trinajstić information content (AvgIpc) is 2.85. The van der Waals surface area contributed by atoms with Crippen molar-refractivity contribution >= 4 is 12.1 Å². The van der Waals surface area contributed by atoms with E-state index >= 15 is 0 Å². The number of aliphatic carboxylic acids is 1. The highest BCUT2D eigenvalue weighted by molar-refractivity contribution is 5.71. The van der Waals surface area contributed by atoms with E-state index in [1.807, 2.05) is 37.3 Å². The zero-order valence-electron chi connectivity index (χ0n) is 13.0. The monoisotopic (exact) mass is 317 g/mol. The van der Waals surface area contributed by atoms with Gasteiger partial charge in [0, 0.05) is 0 Å². The highest BCUT2D eigenvalue weighted by Crippen LogP contribution is 2.23. The molecular formula is C17H19NO5. The lowest BCUT2D eigenvalue weighted by atomic mass is 10.1. The second-order valence-electron chi connectivity index (χ2n) is 5.24. The van der Waals surface area contributed by atoms with Gasteiger partial charge in [0.1, 0.15) is 24.2 Å². The first-order chi connectivity index (χ1) is 11.0. The molecule has 0 spiro atoms. The van der Waals surface area contributed by atoms with E-state index < -0.39 is 18.1 Å². The van der Waals surface area contributed by atoms with Crippen LogP contribution in [0.1, 0.15) is 35.1 Å². The molecule has 6 nitrogen and oxygen atoms in total. The van der Waals surface area contributed by atoms with Gasteiger partial charge in [-0.1, -0.05) is 30.3 Å². The van der Waals surface area contributed by atoms with Gasteiger partial charge in [0.15, 0.2) is 0 Å². The summed E-state index contributed by atoms with van der Waals surface area (Å²) in [6, 6.07) is 10.2. The Labute approximate surface area is 134 Å². The topological polar surface area (TPSA) is 88.8 Å². The number of alkyl carbamates (subject to hydrolysis) is 1. The molecule has 1 atom stereocenters. The molecule has 0 aliphatic heterocycles. The van der Waals surface area contributed by atoms with E-state index in [0.29, 0.717) is 11.5 Å². The molecule has 1 amide bonds. The third-order valence-electron chi connectivity index (χ3n) is 3.41. The molecule has 2 rings (SSSR count). The van der Waals surface area contributed by atoms with E-state index in [1.54, 1.807) is 13.0 Å². The van der Waals surface area contributed by atoms with Crippen LogP contribution in [0.4, 0.5) is 4.79 Å². The van der Waals surface area contributed by atoms with Gasteiger partial charge in [0.25, 0.3) is 0 Å². The van der Waals surface area contributed by atoms with Crippen LogP contribution in [0.2, 0.25) is 0 Å². The van der Waals surface area contributed by atoms with Gasteiger partial charge in [-0.25, -0.2) is 4.79 Å². The maximum atomic E-state index is 11.9. The summed E-state index contributed by atoms with van der Waals surface area (Å²) >= 11 is 0. The lowest BCUT2D eigenvalue weighted by molar-refractivity contribution is -0.137. The van der Waals surface area contributed by atoms with Crippen LogP contribution in [0.3, 0.4) is 0 Å². The minimum Gasteiger partial charge on any atom is -0.481 e. The molecule has 0 radical (unpaired) electrons. The smallest absolute Gasteiger partial charge is 0.408 e. The van der Waals surface area contributed by atoms with Crippen molar-refractivity contribution in [2.75, 3.05) is 0 Å². The molecular weight excluding hydrogens is 298 g/mol. The Morgan fingerprint density at radius 1 is 1.26 bits per heavy atom. The molecule has 122 valence electrons. The molecule has 0 bridgehead atoms. The van der Waals surface area contributed by atoms with Crippen LogP contribution < -0.4 is 5.32 Å². The molecule has 1 aromatic carbocycles. The maximum Gasteiger partial charge on any atom is 0.408 e. The van der Waals surface area contributed by atoms with E-state index in [0.717, 1.165) is 11.1 Å². The SMILES string of the molecule is Cc1cc(C(CC(=O)O)NC(=O)OCc2ccccc2)oc1C. The largest absolute Gasteiger partial charge is 0.481 e. The summed E-state index contributed by atoms with van der Waals surface area (Å²) in [7, 11) is 0. The number of benzene rings is 1. The summed E-state index contributed by atoms with van der Waals surface area (Å²) in [6.45, 7) is 3.75. The van der Waals surface area contributed by atoms with Crippen molar-refractivity contribution in [2.45, 2.75) is 32.9 Å². The van der Waals surface area contributed by atoms with Gasteiger partial charge in [0.2, 0.25) is 0 Å². The molecule has 2 aromatic rings. The summed E-state index contributed by atoms with van der Waals surface area (Å²) in [6.07, 6.45) is -0.973. The Kier molecular flexibility index (Phi) is 5.41. The Morgan fingerprint density at radius 3 is 2.52 bits per heavy atom. The summed E-state index contributed by atoms with van der Waals surface area (Å²) < 4.78 is 10.6. The van der Waals surface area contributed by atoms with Gasteiger partial charge in [-0.2, -0.15) is 0 Å². The van der Waals surface area contributed by atoms with Gasteiger partial charge in [-0.3, -0.25) is 4.79 Å². The number of hydrogen-bond donors (Lipinski definition) is 2. The standard InChI is InChI=1S/C17H19NO5/c1-11-8-15(23-12(11)2)14(9-16(19)20)18-17(21)22-10-13-6-4-3-5-7-13/h3-8,14H,9-10H2,1-2H3,(H,18,21)(H,19,20). The van der Waals surface area contributed by atoms with Crippen molar-refractivity contribution in [2.24, 2.45) is 0 Å². The van der Waals surface area contributed by atoms with E-state index in [2.05, 4.69) is 5.32 Å². The number of carboxylic acid groups (broad SMARTS) is 1. The van der Waals surface area contributed by atoms with Gasteiger partial charge >= 0.3 is 12.1 Å². The first-order valence-electron chi connectivity index (χ1n) is 7.21. The highest BCUT2D eigenvalue weighted by Gasteiger charge is 2.22. The Bertz CT molecular complexity index is 658. The number of furan rings is 1. The van der Waals surface area contributed by atoms with E-state index in [1.165, 1.54) is 0 Å². The Hall–Kier alpha value is -2.76. The third-order valence-corrected chi connectivity index (χ3v) is 3.41. The fourth-order valence-electron chi connectivity index (χ4n) is 2.08. The number of hydrogen-bond acceptors (Lipinski definition) is 4. The maximum absolute atomic E-state index is 11.9. The van der Waals surface area contributed by atoms with Crippen molar-refractivity contribution in [3.63, 3.8) is 0 Å². The van der Waals surface area contributed by atoms with Crippen molar-refractivity contribution in [3.05, 3.63) is 59.0 Å². The molecule has 0 fully saturated rings.